The number of hydrogen-bond donors (Lipinski definition) is 1. The van der Waals surface area contributed by atoms with Crippen LogP contribution in [0.15, 0.2) is 6.07 Å². The van der Waals surface area contributed by atoms with Gasteiger partial charge in [0.2, 0.25) is 0 Å². The van der Waals surface area contributed by atoms with Gasteiger partial charge >= 0.3 is 0 Å². The number of carbonyl (C=O) groups excluding carboxylic acids is 1. The van der Waals surface area contributed by atoms with Crippen molar-refractivity contribution in [3.05, 3.63) is 17.5 Å². The number of aromatic nitrogens is 2. The molecular weight excluding hydrogens is 226 g/mol. The van der Waals surface area contributed by atoms with Crippen molar-refractivity contribution in [1.29, 1.82) is 0 Å². The third-order valence-electron chi connectivity index (χ3n) is 3.62. The Morgan fingerprint density at radius 2 is 2.06 bits per heavy atom. The molecule has 4 nitrogen and oxygen atoms in total. The summed E-state index contributed by atoms with van der Waals surface area (Å²) in [6.45, 7) is 4.67. The Morgan fingerprint density at radius 3 is 2.67 bits per heavy atom. The van der Waals surface area contributed by atoms with Crippen LogP contribution in [0.5, 0.6) is 0 Å². The van der Waals surface area contributed by atoms with Gasteiger partial charge < -0.3 is 5.32 Å². The fraction of sp³-hybridized carbons (Fsp3) is 0.714. The normalized spacial score (nSPS) is 17.4. The summed E-state index contributed by atoms with van der Waals surface area (Å²) in [6.07, 6.45) is 7.31. The molecule has 1 aliphatic carbocycles. The molecule has 4 heteroatoms. The van der Waals surface area contributed by atoms with Gasteiger partial charge in [-0.1, -0.05) is 25.7 Å². The predicted molar refractivity (Wildman–Crippen MR) is 71.6 cm³/mol. The van der Waals surface area contributed by atoms with Gasteiger partial charge in [-0.3, -0.25) is 9.48 Å². The highest BCUT2D eigenvalue weighted by Gasteiger charge is 2.18. The highest BCUT2D eigenvalue weighted by Crippen LogP contribution is 2.17. The van der Waals surface area contributed by atoms with E-state index in [9.17, 15) is 4.79 Å². The van der Waals surface area contributed by atoms with Crippen LogP contribution in [0.1, 0.15) is 61.6 Å². The molecule has 0 bridgehead atoms. The van der Waals surface area contributed by atoms with Gasteiger partial charge in [0.1, 0.15) is 5.69 Å². The minimum Gasteiger partial charge on any atom is -0.348 e. The number of nitrogens with one attached hydrogen (secondary N) is 1. The molecule has 0 spiro atoms. The number of hydrogen-bond acceptors (Lipinski definition) is 2. The van der Waals surface area contributed by atoms with Gasteiger partial charge in [-0.05, 0) is 32.8 Å². The average Bonchev–Trinajstić information content (AvgIpc) is 2.57. The Morgan fingerprint density at radius 1 is 1.39 bits per heavy atom. The Balaban J connectivity index is 2.01. The number of nitrogens with zero attached hydrogens (tertiary/aromatic N) is 2. The van der Waals surface area contributed by atoms with Crippen LogP contribution < -0.4 is 5.32 Å². The Hall–Kier alpha value is -1.32. The van der Waals surface area contributed by atoms with E-state index in [2.05, 4.69) is 10.4 Å². The second-order valence-electron chi connectivity index (χ2n) is 5.15. The van der Waals surface area contributed by atoms with Crippen molar-refractivity contribution in [2.45, 2.75) is 65.0 Å². The zero-order valence-corrected chi connectivity index (χ0v) is 11.4. The molecule has 18 heavy (non-hydrogen) atoms. The molecule has 0 saturated heterocycles. The summed E-state index contributed by atoms with van der Waals surface area (Å²) in [5.41, 5.74) is 1.60. The highest BCUT2D eigenvalue weighted by molar-refractivity contribution is 5.92. The van der Waals surface area contributed by atoms with E-state index in [0.717, 1.165) is 25.1 Å². The van der Waals surface area contributed by atoms with Gasteiger partial charge in [0, 0.05) is 12.6 Å². The van der Waals surface area contributed by atoms with Gasteiger partial charge in [0.05, 0.1) is 5.69 Å². The minimum absolute atomic E-state index is 0.0318. The third-order valence-corrected chi connectivity index (χ3v) is 3.62. The molecule has 0 aliphatic heterocycles. The first-order valence-corrected chi connectivity index (χ1v) is 7.06. The van der Waals surface area contributed by atoms with E-state index in [1.54, 1.807) is 4.68 Å². The predicted octanol–water partition coefficient (Wildman–Crippen LogP) is 2.66. The maximum Gasteiger partial charge on any atom is 0.269 e. The van der Waals surface area contributed by atoms with Gasteiger partial charge in [-0.25, -0.2) is 0 Å². The van der Waals surface area contributed by atoms with Gasteiger partial charge in [0.15, 0.2) is 0 Å². The lowest BCUT2D eigenvalue weighted by Crippen LogP contribution is -2.35. The van der Waals surface area contributed by atoms with E-state index in [1.165, 1.54) is 25.7 Å². The number of amides is 1. The van der Waals surface area contributed by atoms with E-state index in [0.29, 0.717) is 11.7 Å². The average molecular weight is 249 g/mol. The second-order valence-corrected chi connectivity index (χ2v) is 5.15. The van der Waals surface area contributed by atoms with Crippen molar-refractivity contribution < 1.29 is 4.79 Å². The van der Waals surface area contributed by atoms with Crippen molar-refractivity contribution in [2.24, 2.45) is 0 Å². The van der Waals surface area contributed by atoms with Gasteiger partial charge in [-0.15, -0.1) is 0 Å². The van der Waals surface area contributed by atoms with Gasteiger partial charge in [0.25, 0.3) is 5.91 Å². The standard InChI is InChI=1S/C14H23N3O/c1-3-17-13(10-11(2)16-17)14(18)15-12-8-6-4-5-7-9-12/h10,12H,3-9H2,1-2H3,(H,15,18). The molecule has 1 aromatic rings. The van der Waals surface area contributed by atoms with Crippen LogP contribution in [0.25, 0.3) is 0 Å². The van der Waals surface area contributed by atoms with Crippen molar-refractivity contribution in [3.63, 3.8) is 0 Å². The summed E-state index contributed by atoms with van der Waals surface area (Å²) in [4.78, 5) is 12.2. The number of rotatable bonds is 3. The maximum absolute atomic E-state index is 12.2. The molecule has 1 amide bonds. The van der Waals surface area contributed by atoms with E-state index in [4.69, 9.17) is 0 Å². The van der Waals surface area contributed by atoms with E-state index in [1.807, 2.05) is 19.9 Å². The summed E-state index contributed by atoms with van der Waals surface area (Å²) in [5, 5.41) is 7.48. The lowest BCUT2D eigenvalue weighted by Gasteiger charge is -2.16. The third kappa shape index (κ3) is 3.12. The maximum atomic E-state index is 12.2. The van der Waals surface area contributed by atoms with Crippen LogP contribution >= 0.6 is 0 Å². The molecule has 0 unspecified atom stereocenters. The SMILES string of the molecule is CCn1nc(C)cc1C(=O)NC1CCCCCC1. The lowest BCUT2D eigenvalue weighted by molar-refractivity contribution is 0.0922. The topological polar surface area (TPSA) is 46.9 Å². The first-order chi connectivity index (χ1) is 8.70. The van der Waals surface area contributed by atoms with Gasteiger partial charge in [-0.2, -0.15) is 5.10 Å². The molecule has 0 atom stereocenters. The van der Waals surface area contributed by atoms with Crippen molar-refractivity contribution >= 4 is 5.91 Å². The van der Waals surface area contributed by atoms with Crippen LogP contribution in [0, 0.1) is 6.92 Å². The van der Waals surface area contributed by atoms with Crippen LogP contribution in [0.3, 0.4) is 0 Å². The zero-order chi connectivity index (χ0) is 13.0. The fourth-order valence-corrected chi connectivity index (χ4v) is 2.65. The van der Waals surface area contributed by atoms with Crippen LogP contribution in [0.4, 0.5) is 0 Å². The van der Waals surface area contributed by atoms with Crippen molar-refractivity contribution in [1.82, 2.24) is 15.1 Å². The number of carbonyl (C=O) groups is 1. The molecule has 1 aliphatic rings. The van der Waals surface area contributed by atoms with Crippen LogP contribution in [0.2, 0.25) is 0 Å². The lowest BCUT2D eigenvalue weighted by atomic mass is 10.1. The molecule has 2 rings (SSSR count). The zero-order valence-electron chi connectivity index (χ0n) is 11.4. The van der Waals surface area contributed by atoms with Crippen molar-refractivity contribution in [3.8, 4) is 0 Å². The molecule has 0 radical (unpaired) electrons. The summed E-state index contributed by atoms with van der Waals surface area (Å²) in [6, 6.07) is 2.22. The smallest absolute Gasteiger partial charge is 0.269 e. The second kappa shape index (κ2) is 6.03. The largest absolute Gasteiger partial charge is 0.348 e. The molecule has 1 N–H and O–H groups in total. The summed E-state index contributed by atoms with van der Waals surface area (Å²) >= 11 is 0. The quantitative estimate of drug-likeness (QED) is 0.837. The molecule has 100 valence electrons. The minimum atomic E-state index is 0.0318. The summed E-state index contributed by atoms with van der Waals surface area (Å²) in [7, 11) is 0. The molecule has 1 fully saturated rings. The molecule has 1 aromatic heterocycles. The Kier molecular flexibility index (Phi) is 4.39. The monoisotopic (exact) mass is 249 g/mol. The Labute approximate surface area is 109 Å². The fourth-order valence-electron chi connectivity index (χ4n) is 2.65. The summed E-state index contributed by atoms with van der Waals surface area (Å²) in [5.74, 6) is 0.0318. The van der Waals surface area contributed by atoms with Crippen LogP contribution in [-0.2, 0) is 6.54 Å². The molecule has 1 saturated carbocycles. The first-order valence-electron chi connectivity index (χ1n) is 7.06. The van der Waals surface area contributed by atoms with E-state index in [-0.39, 0.29) is 5.91 Å². The molecule has 0 aromatic carbocycles. The van der Waals surface area contributed by atoms with E-state index < -0.39 is 0 Å². The van der Waals surface area contributed by atoms with Crippen LogP contribution in [-0.4, -0.2) is 21.7 Å². The van der Waals surface area contributed by atoms with Crippen molar-refractivity contribution in [2.75, 3.05) is 0 Å². The van der Waals surface area contributed by atoms with E-state index >= 15 is 0 Å². The molecule has 1 heterocycles. The number of aryl methyl sites for hydroxylation is 2. The first kappa shape index (κ1) is 13.1. The molecular formula is C14H23N3O. The summed E-state index contributed by atoms with van der Waals surface area (Å²) < 4.78 is 1.78. The Bertz CT molecular complexity index is 403. The highest BCUT2D eigenvalue weighted by atomic mass is 16.2.